The van der Waals surface area contributed by atoms with Crippen molar-refractivity contribution in [3.63, 3.8) is 0 Å². The Labute approximate surface area is 139 Å². The van der Waals surface area contributed by atoms with Crippen molar-refractivity contribution in [1.82, 2.24) is 24.5 Å². The van der Waals surface area contributed by atoms with Gasteiger partial charge in [0.15, 0.2) is 5.82 Å². The number of hydrogen-bond acceptors (Lipinski definition) is 7. The number of piperazine rings is 1. The minimum atomic E-state index is -0.496. The van der Waals surface area contributed by atoms with Crippen LogP contribution in [0.2, 0.25) is 0 Å². The molecule has 3 rings (SSSR count). The molecular formula is C15H22N6O3. The van der Waals surface area contributed by atoms with Gasteiger partial charge in [-0.15, -0.1) is 10.2 Å². The number of aliphatic hydroxyl groups is 1. The van der Waals surface area contributed by atoms with Gasteiger partial charge < -0.3 is 19.6 Å². The molecule has 1 amide bonds. The highest BCUT2D eigenvalue weighted by atomic mass is 16.6. The number of hydrogen-bond donors (Lipinski definition) is 1. The van der Waals surface area contributed by atoms with Crippen LogP contribution in [-0.2, 0) is 11.3 Å². The molecule has 1 fully saturated rings. The van der Waals surface area contributed by atoms with E-state index in [-0.39, 0.29) is 12.7 Å². The molecule has 0 saturated carbocycles. The molecule has 1 N–H and O–H groups in total. The van der Waals surface area contributed by atoms with Crippen molar-refractivity contribution in [2.24, 2.45) is 0 Å². The van der Waals surface area contributed by atoms with Crippen LogP contribution in [0.4, 0.5) is 10.6 Å². The number of carbonyl (C=O) groups is 1. The van der Waals surface area contributed by atoms with E-state index in [1.807, 2.05) is 20.8 Å². The lowest BCUT2D eigenvalue weighted by atomic mass is 10.2. The SMILES string of the molecule is CC(C)(C)OC(=O)N1CCN(c2ncc(CO)n3cnnc23)CC1. The Morgan fingerprint density at radius 1 is 1.29 bits per heavy atom. The van der Waals surface area contributed by atoms with E-state index in [0.29, 0.717) is 43.3 Å². The summed E-state index contributed by atoms with van der Waals surface area (Å²) in [6, 6.07) is 0. The smallest absolute Gasteiger partial charge is 0.410 e. The van der Waals surface area contributed by atoms with Gasteiger partial charge in [-0.05, 0) is 20.8 Å². The van der Waals surface area contributed by atoms with Crippen LogP contribution >= 0.6 is 0 Å². The summed E-state index contributed by atoms with van der Waals surface area (Å²) >= 11 is 0. The lowest BCUT2D eigenvalue weighted by Crippen LogP contribution is -2.50. The summed E-state index contributed by atoms with van der Waals surface area (Å²) in [5.74, 6) is 0.702. The Bertz CT molecular complexity index is 730. The number of nitrogens with zero attached hydrogens (tertiary/aromatic N) is 6. The molecule has 9 heteroatoms. The Morgan fingerprint density at radius 3 is 2.62 bits per heavy atom. The summed E-state index contributed by atoms with van der Waals surface area (Å²) in [5.41, 5.74) is 0.738. The van der Waals surface area contributed by atoms with E-state index in [1.54, 1.807) is 21.8 Å². The van der Waals surface area contributed by atoms with Crippen molar-refractivity contribution in [2.45, 2.75) is 33.0 Å². The number of ether oxygens (including phenoxy) is 1. The molecule has 1 aliphatic heterocycles. The molecule has 3 heterocycles. The molecule has 0 aromatic carbocycles. The summed E-state index contributed by atoms with van der Waals surface area (Å²) in [6.07, 6.45) is 2.88. The van der Waals surface area contributed by atoms with Crippen LogP contribution < -0.4 is 4.90 Å². The highest BCUT2D eigenvalue weighted by Gasteiger charge is 2.27. The fourth-order valence-electron chi connectivity index (χ4n) is 2.62. The molecule has 2 aromatic rings. The van der Waals surface area contributed by atoms with Gasteiger partial charge >= 0.3 is 6.09 Å². The van der Waals surface area contributed by atoms with Gasteiger partial charge in [0, 0.05) is 26.2 Å². The second-order valence-corrected chi connectivity index (χ2v) is 6.71. The van der Waals surface area contributed by atoms with Crippen LogP contribution in [0.25, 0.3) is 5.65 Å². The Balaban J connectivity index is 1.71. The normalized spacial score (nSPS) is 15.8. The molecular weight excluding hydrogens is 312 g/mol. The van der Waals surface area contributed by atoms with E-state index in [1.165, 1.54) is 0 Å². The number of anilines is 1. The maximum Gasteiger partial charge on any atom is 0.410 e. The quantitative estimate of drug-likeness (QED) is 0.862. The summed E-state index contributed by atoms with van der Waals surface area (Å²) in [7, 11) is 0. The van der Waals surface area contributed by atoms with Crippen LogP contribution in [0.1, 0.15) is 26.5 Å². The summed E-state index contributed by atoms with van der Waals surface area (Å²) in [5, 5.41) is 17.4. The van der Waals surface area contributed by atoms with Gasteiger partial charge in [0.2, 0.25) is 5.65 Å². The van der Waals surface area contributed by atoms with Gasteiger partial charge in [-0.3, -0.25) is 4.40 Å². The number of fused-ring (bicyclic) bond motifs is 1. The van der Waals surface area contributed by atoms with Gasteiger partial charge in [0.05, 0.1) is 18.5 Å². The molecule has 1 aliphatic rings. The molecule has 24 heavy (non-hydrogen) atoms. The fraction of sp³-hybridized carbons (Fsp3) is 0.600. The molecule has 0 unspecified atom stereocenters. The Hall–Kier alpha value is -2.42. The zero-order chi connectivity index (χ0) is 17.3. The maximum atomic E-state index is 12.1. The van der Waals surface area contributed by atoms with Crippen molar-refractivity contribution >= 4 is 17.6 Å². The van der Waals surface area contributed by atoms with Crippen LogP contribution in [0.3, 0.4) is 0 Å². The Morgan fingerprint density at radius 2 is 2.00 bits per heavy atom. The van der Waals surface area contributed by atoms with Gasteiger partial charge in [-0.25, -0.2) is 9.78 Å². The first kappa shape index (κ1) is 16.4. The first-order chi connectivity index (χ1) is 11.4. The molecule has 0 spiro atoms. The van der Waals surface area contributed by atoms with Crippen LogP contribution in [0, 0.1) is 0 Å². The molecule has 0 atom stereocenters. The van der Waals surface area contributed by atoms with Crippen molar-refractivity contribution in [3.8, 4) is 0 Å². The minimum Gasteiger partial charge on any atom is -0.444 e. The molecule has 2 aromatic heterocycles. The van der Waals surface area contributed by atoms with Crippen LogP contribution in [-0.4, -0.2) is 67.5 Å². The second kappa shape index (κ2) is 6.23. The number of aliphatic hydroxyl groups excluding tert-OH is 1. The standard InChI is InChI=1S/C15H22N6O3/c1-15(2,3)24-14(23)20-6-4-19(5-7-20)12-13-18-17-10-21(13)11(9-22)8-16-12/h8,10,22H,4-7,9H2,1-3H3. The molecule has 0 bridgehead atoms. The van der Waals surface area contributed by atoms with Crippen LogP contribution in [0.5, 0.6) is 0 Å². The molecule has 9 nitrogen and oxygen atoms in total. The highest BCUT2D eigenvalue weighted by molar-refractivity contribution is 5.69. The zero-order valence-electron chi connectivity index (χ0n) is 14.1. The molecule has 0 aliphatic carbocycles. The fourth-order valence-corrected chi connectivity index (χ4v) is 2.62. The van der Waals surface area contributed by atoms with Gasteiger partial charge in [0.25, 0.3) is 0 Å². The van der Waals surface area contributed by atoms with Crippen LogP contribution in [0.15, 0.2) is 12.5 Å². The van der Waals surface area contributed by atoms with E-state index in [9.17, 15) is 9.90 Å². The third-order valence-corrected chi connectivity index (χ3v) is 3.79. The first-order valence-corrected chi connectivity index (χ1v) is 7.90. The van der Waals surface area contributed by atoms with Crippen molar-refractivity contribution in [1.29, 1.82) is 0 Å². The third kappa shape index (κ3) is 3.25. The van der Waals surface area contributed by atoms with Gasteiger partial charge in [-0.2, -0.15) is 0 Å². The monoisotopic (exact) mass is 334 g/mol. The summed E-state index contributed by atoms with van der Waals surface area (Å²) < 4.78 is 7.13. The summed E-state index contributed by atoms with van der Waals surface area (Å²) in [6.45, 7) is 7.81. The largest absolute Gasteiger partial charge is 0.444 e. The van der Waals surface area contributed by atoms with E-state index < -0.39 is 5.60 Å². The third-order valence-electron chi connectivity index (χ3n) is 3.79. The van der Waals surface area contributed by atoms with Gasteiger partial charge in [0.1, 0.15) is 11.9 Å². The average molecular weight is 334 g/mol. The Kier molecular flexibility index (Phi) is 4.27. The topological polar surface area (TPSA) is 96.1 Å². The van der Waals surface area contributed by atoms with Gasteiger partial charge in [-0.1, -0.05) is 0 Å². The molecule has 130 valence electrons. The second-order valence-electron chi connectivity index (χ2n) is 6.71. The van der Waals surface area contributed by atoms with Crippen molar-refractivity contribution in [2.75, 3.05) is 31.1 Å². The van der Waals surface area contributed by atoms with Crippen molar-refractivity contribution in [3.05, 3.63) is 18.2 Å². The number of amides is 1. The van der Waals surface area contributed by atoms with E-state index in [2.05, 4.69) is 20.1 Å². The van der Waals surface area contributed by atoms with Crippen molar-refractivity contribution < 1.29 is 14.6 Å². The molecule has 0 radical (unpaired) electrons. The van der Waals surface area contributed by atoms with E-state index >= 15 is 0 Å². The number of carbonyl (C=O) groups excluding carboxylic acids is 1. The zero-order valence-corrected chi connectivity index (χ0v) is 14.1. The maximum absolute atomic E-state index is 12.1. The lowest BCUT2D eigenvalue weighted by molar-refractivity contribution is 0.0240. The minimum absolute atomic E-state index is 0.131. The van der Waals surface area contributed by atoms with E-state index in [0.717, 1.165) is 0 Å². The highest BCUT2D eigenvalue weighted by Crippen LogP contribution is 2.20. The number of aromatic nitrogens is 4. The molecule has 1 saturated heterocycles. The predicted molar refractivity (Wildman–Crippen MR) is 86.7 cm³/mol. The summed E-state index contributed by atoms with van der Waals surface area (Å²) in [4.78, 5) is 20.3. The lowest BCUT2D eigenvalue weighted by Gasteiger charge is -2.36. The first-order valence-electron chi connectivity index (χ1n) is 7.90. The number of rotatable bonds is 2. The average Bonchev–Trinajstić information content (AvgIpc) is 3.02. The van der Waals surface area contributed by atoms with E-state index in [4.69, 9.17) is 4.74 Å². The predicted octanol–water partition coefficient (Wildman–Crippen LogP) is 0.674.